The van der Waals surface area contributed by atoms with Crippen LogP contribution in [0.3, 0.4) is 0 Å². The van der Waals surface area contributed by atoms with Crippen LogP contribution in [-0.4, -0.2) is 27.7 Å². The van der Waals surface area contributed by atoms with Crippen LogP contribution >= 0.6 is 23.1 Å². The van der Waals surface area contributed by atoms with Crippen LogP contribution in [0.4, 0.5) is 10.1 Å². The lowest BCUT2D eigenvalue weighted by Crippen LogP contribution is -2.06. The van der Waals surface area contributed by atoms with E-state index in [1.165, 1.54) is 23.2 Å². The van der Waals surface area contributed by atoms with E-state index in [1.807, 2.05) is 43.8 Å². The fraction of sp³-hybridized carbons (Fsp3) is 0.360. The molecular weight excluding hydrogens is 473 g/mol. The molecule has 8 heteroatoms. The zero-order valence-electron chi connectivity index (χ0n) is 19.3. The minimum absolute atomic E-state index is 0.250. The van der Waals surface area contributed by atoms with Gasteiger partial charge in [0.05, 0.1) is 18.4 Å². The Hall–Kier alpha value is -2.05. The minimum atomic E-state index is -0.970. The number of hydrogen-bond donors (Lipinski definition) is 2. The molecule has 3 heterocycles. The van der Waals surface area contributed by atoms with Gasteiger partial charge in [-0.25, -0.2) is 4.98 Å². The van der Waals surface area contributed by atoms with Gasteiger partial charge >= 0.3 is 0 Å². The Morgan fingerprint density at radius 3 is 2.58 bits per heavy atom. The third-order valence-corrected chi connectivity index (χ3v) is 8.72. The Balaban J connectivity index is 0.000000714. The maximum Gasteiger partial charge on any atom is 0.269 e. The predicted molar refractivity (Wildman–Crippen MR) is 145 cm³/mol. The lowest BCUT2D eigenvalue weighted by Gasteiger charge is -2.08. The first kappa shape index (κ1) is 27.2. The number of alkyl halides is 1. The van der Waals surface area contributed by atoms with Gasteiger partial charge in [-0.15, -0.1) is 11.8 Å². The molecule has 4 nitrogen and oxygen atoms in total. The molecule has 3 aromatic rings. The van der Waals surface area contributed by atoms with Gasteiger partial charge in [0.1, 0.15) is 16.3 Å². The molecule has 1 atom stereocenters. The first-order chi connectivity index (χ1) is 16.1. The maximum atomic E-state index is 10.7. The second-order valence-electron chi connectivity index (χ2n) is 6.71. The monoisotopic (exact) mass is 504 g/mol. The summed E-state index contributed by atoms with van der Waals surface area (Å²) in [6.07, 6.45) is 4.41. The van der Waals surface area contributed by atoms with Crippen LogP contribution in [0.1, 0.15) is 45.7 Å². The molecule has 0 saturated heterocycles. The second-order valence-corrected chi connectivity index (χ2v) is 10.6. The van der Waals surface area contributed by atoms with Crippen molar-refractivity contribution in [1.82, 2.24) is 4.98 Å². The predicted octanol–water partition coefficient (Wildman–Crippen LogP) is 7.78. The average Bonchev–Trinajstić information content (AvgIpc) is 3.50. The van der Waals surface area contributed by atoms with E-state index in [9.17, 15) is 8.94 Å². The Labute approximate surface area is 207 Å². The van der Waals surface area contributed by atoms with Gasteiger partial charge in [0.15, 0.2) is 11.2 Å². The van der Waals surface area contributed by atoms with Crippen molar-refractivity contribution >= 4 is 55.1 Å². The highest BCUT2D eigenvalue weighted by Crippen LogP contribution is 2.44. The van der Waals surface area contributed by atoms with Crippen molar-refractivity contribution in [2.75, 3.05) is 23.9 Å². The number of fused-ring (bicyclic) bond motifs is 1. The number of hydrogen-bond acceptors (Lipinski definition) is 6. The molecule has 2 aromatic heterocycles. The Morgan fingerprint density at radius 1 is 1.27 bits per heavy atom. The summed E-state index contributed by atoms with van der Waals surface area (Å²) in [5.74, 6) is 1.64. The number of rotatable bonds is 6. The van der Waals surface area contributed by atoms with Gasteiger partial charge in [0.25, 0.3) is 4.21 Å². The summed E-state index contributed by atoms with van der Waals surface area (Å²) in [6, 6.07) is 14.5. The fourth-order valence-corrected chi connectivity index (χ4v) is 6.85. The molecule has 1 unspecified atom stereocenters. The molecular formula is C25H31FN3OS3+. The third kappa shape index (κ3) is 6.97. The minimum Gasteiger partial charge on any atom is -0.393 e. The second kappa shape index (κ2) is 14.3. The van der Waals surface area contributed by atoms with Gasteiger partial charge in [0.2, 0.25) is 0 Å². The van der Waals surface area contributed by atoms with Gasteiger partial charge in [-0.1, -0.05) is 61.6 Å². The molecule has 0 bridgehead atoms. The van der Waals surface area contributed by atoms with Crippen LogP contribution in [0.15, 0.2) is 46.7 Å². The summed E-state index contributed by atoms with van der Waals surface area (Å²) >= 11 is 2.34. The zero-order valence-corrected chi connectivity index (χ0v) is 21.8. The number of pyridine rings is 1. The van der Waals surface area contributed by atoms with Crippen LogP contribution in [0.5, 0.6) is 0 Å². The number of nitrogens with two attached hydrogens (primary N) is 1. The van der Waals surface area contributed by atoms with Crippen molar-refractivity contribution < 1.29 is 8.94 Å². The van der Waals surface area contributed by atoms with E-state index in [-0.39, 0.29) is 6.67 Å². The highest BCUT2D eigenvalue weighted by molar-refractivity contribution is 8.08. The van der Waals surface area contributed by atoms with E-state index in [2.05, 4.69) is 30.3 Å². The lowest BCUT2D eigenvalue weighted by molar-refractivity contribution is 0.527. The van der Waals surface area contributed by atoms with E-state index < -0.39 is 11.2 Å². The maximum absolute atomic E-state index is 10.7. The molecule has 176 valence electrons. The van der Waals surface area contributed by atoms with E-state index in [0.29, 0.717) is 24.3 Å². The van der Waals surface area contributed by atoms with Crippen LogP contribution in [0.2, 0.25) is 0 Å². The number of anilines is 1. The molecule has 1 aliphatic rings. The molecule has 0 fully saturated rings. The fourth-order valence-electron chi connectivity index (χ4n) is 3.22. The third-order valence-electron chi connectivity index (χ3n) is 4.55. The van der Waals surface area contributed by atoms with Crippen LogP contribution in [-0.2, 0) is 11.2 Å². The molecule has 3 N–H and O–H groups in total. The molecule has 0 amide bonds. The van der Waals surface area contributed by atoms with Crippen LogP contribution in [0.25, 0.3) is 26.2 Å². The number of allylic oxidation sites excluding steroid dienone is 1. The molecule has 0 radical (unpaired) electrons. The standard InChI is InChI=1S/C21H20N3OS3.C2H5F.C2H6/c22-10-4-5-12-28(25)21-19(23)18-15(14-7-2-1-3-8-14)13-16(24-20(18)27-21)17-9-6-11-26-17;1-2-3;1-2/h1-3,7-9,13,25H,4-6,11-12,23H2;2H2,1H3;1-2H3/q+1;;. The van der Waals surface area contributed by atoms with Gasteiger partial charge in [-0.2, -0.15) is 9.81 Å². The molecule has 33 heavy (non-hydrogen) atoms. The number of thioether (sulfide) groups is 1. The van der Waals surface area contributed by atoms with Crippen LogP contribution < -0.4 is 5.73 Å². The van der Waals surface area contributed by atoms with Crippen molar-refractivity contribution in [3.05, 3.63) is 48.2 Å². The smallest absolute Gasteiger partial charge is 0.269 e. The SMILES string of the molecule is CC.CCF.N#CCCC[S+](O)c1sc2nc(C3=CCCS3)cc(-c3ccccc3)c2c1N. The molecule has 4 rings (SSSR count). The molecule has 1 aromatic carbocycles. The van der Waals surface area contributed by atoms with Gasteiger partial charge in [-0.05, 0) is 30.5 Å². The number of nitrogen functional groups attached to an aromatic ring is 1. The number of benzene rings is 1. The molecule has 0 aliphatic carbocycles. The first-order valence-electron chi connectivity index (χ1n) is 11.0. The summed E-state index contributed by atoms with van der Waals surface area (Å²) in [6.45, 7) is 5.21. The van der Waals surface area contributed by atoms with Crippen molar-refractivity contribution in [3.8, 4) is 17.2 Å². The summed E-state index contributed by atoms with van der Waals surface area (Å²) in [7, 11) is 0. The number of thiophene rings is 1. The summed E-state index contributed by atoms with van der Waals surface area (Å²) in [5.41, 5.74) is 10.3. The topological polar surface area (TPSA) is 82.9 Å². The van der Waals surface area contributed by atoms with E-state index in [0.717, 1.165) is 43.4 Å². The van der Waals surface area contributed by atoms with Gasteiger partial charge < -0.3 is 5.73 Å². The first-order valence-corrected chi connectivity index (χ1v) is 14.2. The van der Waals surface area contributed by atoms with E-state index in [4.69, 9.17) is 16.0 Å². The van der Waals surface area contributed by atoms with Crippen LogP contribution in [0, 0.1) is 11.3 Å². The number of aromatic nitrogens is 1. The van der Waals surface area contributed by atoms with Crippen molar-refractivity contribution in [2.45, 2.75) is 44.2 Å². The summed E-state index contributed by atoms with van der Waals surface area (Å²) in [4.78, 5) is 6.97. The number of halogens is 1. The molecule has 1 aliphatic heterocycles. The number of nitrogens with zero attached hydrogens (tertiary/aromatic N) is 2. The van der Waals surface area contributed by atoms with Gasteiger partial charge in [-0.3, -0.25) is 4.39 Å². The summed E-state index contributed by atoms with van der Waals surface area (Å²) in [5, 5.41) is 9.67. The highest BCUT2D eigenvalue weighted by atomic mass is 32.2. The lowest BCUT2D eigenvalue weighted by atomic mass is 10.0. The van der Waals surface area contributed by atoms with Crippen molar-refractivity contribution in [1.29, 1.82) is 5.26 Å². The highest BCUT2D eigenvalue weighted by Gasteiger charge is 2.30. The molecule has 0 saturated carbocycles. The van der Waals surface area contributed by atoms with E-state index >= 15 is 0 Å². The van der Waals surface area contributed by atoms with Crippen molar-refractivity contribution in [2.24, 2.45) is 0 Å². The van der Waals surface area contributed by atoms with E-state index in [1.54, 1.807) is 0 Å². The number of unbranched alkanes of at least 4 members (excludes halogenated alkanes) is 1. The normalized spacial score (nSPS) is 13.3. The quantitative estimate of drug-likeness (QED) is 0.264. The number of nitriles is 1. The summed E-state index contributed by atoms with van der Waals surface area (Å²) < 4.78 is 21.7. The van der Waals surface area contributed by atoms with Crippen molar-refractivity contribution in [3.63, 3.8) is 0 Å². The van der Waals surface area contributed by atoms with Gasteiger partial charge in [0, 0.05) is 28.9 Å². The zero-order chi connectivity index (χ0) is 24.2. The Morgan fingerprint density at radius 2 is 1.97 bits per heavy atom. The molecule has 0 spiro atoms. The Bertz CT molecular complexity index is 1090. The largest absolute Gasteiger partial charge is 0.393 e. The average molecular weight is 505 g/mol. The Kier molecular flexibility index (Phi) is 11.8.